The molecule has 0 aromatic heterocycles. The maximum absolute atomic E-state index is 9.25. The highest BCUT2D eigenvalue weighted by Gasteiger charge is 2.10. The van der Waals surface area contributed by atoms with Crippen LogP contribution in [0.3, 0.4) is 0 Å². The van der Waals surface area contributed by atoms with Gasteiger partial charge in [0.05, 0.1) is 0 Å². The molecule has 0 heterocycles. The lowest BCUT2D eigenvalue weighted by Crippen LogP contribution is -2.26. The van der Waals surface area contributed by atoms with Gasteiger partial charge in [-0.25, -0.2) is 0 Å². The first-order chi connectivity index (χ1) is 8.67. The Kier molecular flexibility index (Phi) is 6.76. The first-order valence-electron chi connectivity index (χ1n) is 6.80. The van der Waals surface area contributed by atoms with Crippen molar-refractivity contribution in [3.05, 3.63) is 29.8 Å². The molecule has 0 fully saturated rings. The Hall–Kier alpha value is -1.06. The normalized spacial score (nSPS) is 14.4. The fourth-order valence-corrected chi connectivity index (χ4v) is 2.16. The lowest BCUT2D eigenvalue weighted by atomic mass is 9.99. The minimum Gasteiger partial charge on any atom is -0.508 e. The molecule has 0 saturated carbocycles. The molecule has 2 atom stereocenters. The van der Waals surface area contributed by atoms with E-state index >= 15 is 0 Å². The van der Waals surface area contributed by atoms with E-state index < -0.39 is 0 Å². The molecule has 0 saturated heterocycles. The summed E-state index contributed by atoms with van der Waals surface area (Å²) in [6.07, 6.45) is 3.17. The summed E-state index contributed by atoms with van der Waals surface area (Å²) in [7, 11) is 0. The minimum absolute atomic E-state index is 0.264. The monoisotopic (exact) mass is 251 g/mol. The van der Waals surface area contributed by atoms with Crippen LogP contribution in [0, 0.1) is 5.92 Å². The molecule has 0 aliphatic heterocycles. The summed E-state index contributed by atoms with van der Waals surface area (Å²) < 4.78 is 0. The number of phenols is 1. The fraction of sp³-hybridized carbons (Fsp3) is 0.600. The third-order valence-corrected chi connectivity index (χ3v) is 3.34. The molecular weight excluding hydrogens is 226 g/mol. The second-order valence-corrected chi connectivity index (χ2v) is 4.89. The summed E-state index contributed by atoms with van der Waals surface area (Å²) in [5.74, 6) is 0.842. The van der Waals surface area contributed by atoms with Crippen LogP contribution in [0.25, 0.3) is 0 Å². The van der Waals surface area contributed by atoms with Crippen molar-refractivity contribution < 1.29 is 10.2 Å². The fourth-order valence-electron chi connectivity index (χ4n) is 2.16. The van der Waals surface area contributed by atoms with Crippen LogP contribution in [-0.4, -0.2) is 23.4 Å². The molecule has 0 spiro atoms. The summed E-state index contributed by atoms with van der Waals surface area (Å²) in [6, 6.07) is 7.57. The van der Waals surface area contributed by atoms with E-state index in [1.807, 2.05) is 12.1 Å². The Morgan fingerprint density at radius 1 is 1.17 bits per heavy atom. The van der Waals surface area contributed by atoms with Crippen LogP contribution in [0.2, 0.25) is 0 Å². The number of aliphatic hydroxyl groups excluding tert-OH is 1. The molecule has 0 bridgehead atoms. The number of aromatic hydroxyl groups is 1. The number of phenolic OH excluding ortho intramolecular Hbond substituents is 1. The van der Waals surface area contributed by atoms with Crippen LogP contribution in [-0.2, 0) is 0 Å². The van der Waals surface area contributed by atoms with E-state index in [1.165, 1.54) is 5.56 Å². The lowest BCUT2D eigenvalue weighted by molar-refractivity contribution is 0.246. The van der Waals surface area contributed by atoms with E-state index in [4.69, 9.17) is 5.11 Å². The number of hydrogen-bond donors (Lipinski definition) is 3. The van der Waals surface area contributed by atoms with Crippen LogP contribution in [0.15, 0.2) is 24.3 Å². The summed E-state index contributed by atoms with van der Waals surface area (Å²) >= 11 is 0. The summed E-state index contributed by atoms with van der Waals surface area (Å²) in [6.45, 7) is 5.48. The largest absolute Gasteiger partial charge is 0.508 e. The van der Waals surface area contributed by atoms with Gasteiger partial charge >= 0.3 is 0 Å². The zero-order chi connectivity index (χ0) is 13.4. The van der Waals surface area contributed by atoms with E-state index in [0.29, 0.717) is 11.7 Å². The molecule has 102 valence electrons. The van der Waals surface area contributed by atoms with Crippen LogP contribution in [0.5, 0.6) is 5.75 Å². The lowest BCUT2D eigenvalue weighted by Gasteiger charge is -2.20. The summed E-state index contributed by atoms with van der Waals surface area (Å²) in [4.78, 5) is 0. The van der Waals surface area contributed by atoms with Crippen molar-refractivity contribution in [2.24, 2.45) is 5.92 Å². The SMILES string of the molecule is CCCC(CCO)CNC(C)c1ccc(O)cc1. The third kappa shape index (κ3) is 5.07. The average Bonchev–Trinajstić information content (AvgIpc) is 2.37. The molecule has 1 rings (SSSR count). The Balaban J connectivity index is 2.43. The van der Waals surface area contributed by atoms with Gasteiger partial charge in [-0.3, -0.25) is 0 Å². The molecule has 3 heteroatoms. The first-order valence-corrected chi connectivity index (χ1v) is 6.80. The summed E-state index contributed by atoms with van der Waals surface area (Å²) in [5.41, 5.74) is 1.17. The predicted molar refractivity (Wildman–Crippen MR) is 74.6 cm³/mol. The van der Waals surface area contributed by atoms with Crippen LogP contribution < -0.4 is 5.32 Å². The molecule has 0 amide bonds. The number of aliphatic hydroxyl groups is 1. The Bertz CT molecular complexity index is 318. The smallest absolute Gasteiger partial charge is 0.115 e. The number of rotatable bonds is 8. The van der Waals surface area contributed by atoms with E-state index in [2.05, 4.69) is 19.2 Å². The van der Waals surface area contributed by atoms with Gasteiger partial charge in [0, 0.05) is 12.6 Å². The van der Waals surface area contributed by atoms with E-state index in [9.17, 15) is 5.11 Å². The van der Waals surface area contributed by atoms with Gasteiger partial charge in [-0.05, 0) is 49.9 Å². The van der Waals surface area contributed by atoms with Gasteiger partial charge in [0.1, 0.15) is 5.75 Å². The Morgan fingerprint density at radius 2 is 1.83 bits per heavy atom. The van der Waals surface area contributed by atoms with Crippen molar-refractivity contribution >= 4 is 0 Å². The van der Waals surface area contributed by atoms with Crippen LogP contribution in [0.1, 0.15) is 44.7 Å². The number of hydrogen-bond acceptors (Lipinski definition) is 3. The highest BCUT2D eigenvalue weighted by Crippen LogP contribution is 2.17. The molecule has 1 aromatic rings. The van der Waals surface area contributed by atoms with Gasteiger partial charge in [0.2, 0.25) is 0 Å². The molecule has 18 heavy (non-hydrogen) atoms. The highest BCUT2D eigenvalue weighted by molar-refractivity contribution is 5.27. The zero-order valence-corrected chi connectivity index (χ0v) is 11.4. The van der Waals surface area contributed by atoms with Crippen LogP contribution in [0.4, 0.5) is 0 Å². The zero-order valence-electron chi connectivity index (χ0n) is 11.4. The third-order valence-electron chi connectivity index (χ3n) is 3.34. The van der Waals surface area contributed by atoms with Gasteiger partial charge < -0.3 is 15.5 Å². The van der Waals surface area contributed by atoms with Crippen molar-refractivity contribution in [1.82, 2.24) is 5.32 Å². The molecular formula is C15H25NO2. The van der Waals surface area contributed by atoms with Gasteiger partial charge in [-0.15, -0.1) is 0 Å². The molecule has 3 nitrogen and oxygen atoms in total. The van der Waals surface area contributed by atoms with E-state index in [1.54, 1.807) is 12.1 Å². The quantitative estimate of drug-likeness (QED) is 0.666. The molecule has 0 radical (unpaired) electrons. The van der Waals surface area contributed by atoms with Gasteiger partial charge in [0.25, 0.3) is 0 Å². The Labute approximate surface area is 110 Å². The van der Waals surface area contributed by atoms with Crippen molar-refractivity contribution in [2.45, 2.75) is 39.2 Å². The van der Waals surface area contributed by atoms with Crippen molar-refractivity contribution in [2.75, 3.05) is 13.2 Å². The maximum Gasteiger partial charge on any atom is 0.115 e. The standard InChI is InChI=1S/C15H25NO2/c1-3-4-13(9-10-17)11-16-12(2)14-5-7-15(18)8-6-14/h5-8,12-13,16-18H,3-4,9-11H2,1-2H3. The van der Waals surface area contributed by atoms with Gasteiger partial charge in [-0.2, -0.15) is 0 Å². The molecule has 2 unspecified atom stereocenters. The molecule has 0 aliphatic rings. The first kappa shape index (κ1) is 15.0. The van der Waals surface area contributed by atoms with Crippen LogP contribution >= 0.6 is 0 Å². The van der Waals surface area contributed by atoms with E-state index in [0.717, 1.165) is 25.8 Å². The minimum atomic E-state index is 0.264. The topological polar surface area (TPSA) is 52.5 Å². The van der Waals surface area contributed by atoms with Crippen molar-refractivity contribution in [3.63, 3.8) is 0 Å². The number of nitrogens with one attached hydrogen (secondary N) is 1. The second-order valence-electron chi connectivity index (χ2n) is 4.89. The van der Waals surface area contributed by atoms with Gasteiger partial charge in [0.15, 0.2) is 0 Å². The summed E-state index contributed by atoms with van der Waals surface area (Å²) in [5, 5.41) is 21.8. The average molecular weight is 251 g/mol. The molecule has 3 N–H and O–H groups in total. The Morgan fingerprint density at radius 3 is 2.39 bits per heavy atom. The molecule has 0 aliphatic carbocycles. The number of benzene rings is 1. The second kappa shape index (κ2) is 8.11. The van der Waals surface area contributed by atoms with Crippen molar-refractivity contribution in [1.29, 1.82) is 0 Å². The van der Waals surface area contributed by atoms with Crippen molar-refractivity contribution in [3.8, 4) is 5.75 Å². The predicted octanol–water partition coefficient (Wildman–Crippen LogP) is 2.84. The van der Waals surface area contributed by atoms with Gasteiger partial charge in [-0.1, -0.05) is 25.5 Å². The molecule has 1 aromatic carbocycles. The van der Waals surface area contributed by atoms with E-state index in [-0.39, 0.29) is 12.6 Å². The highest BCUT2D eigenvalue weighted by atomic mass is 16.3. The maximum atomic E-state index is 9.25.